The molecule has 0 saturated carbocycles. The largest absolute Gasteiger partial charge is 0.390 e. The number of likely N-dealkylation sites (N-methyl/N-ethyl adjacent to an activating group) is 1. The van der Waals surface area contributed by atoms with Crippen LogP contribution >= 0.6 is 0 Å². The van der Waals surface area contributed by atoms with Crippen LogP contribution in [0.25, 0.3) is 0 Å². The van der Waals surface area contributed by atoms with Crippen molar-refractivity contribution in [2.45, 2.75) is 25.1 Å². The van der Waals surface area contributed by atoms with Crippen LogP contribution in [0, 0.1) is 0 Å². The number of aliphatic hydroxyl groups excluding tert-OH is 1. The molecule has 176 valence electrons. The van der Waals surface area contributed by atoms with Gasteiger partial charge in [0.2, 0.25) is 5.91 Å². The van der Waals surface area contributed by atoms with Crippen molar-refractivity contribution in [2.24, 2.45) is 0 Å². The third-order valence-corrected chi connectivity index (χ3v) is 6.03. The Morgan fingerprint density at radius 3 is 2.76 bits per heavy atom. The quantitative estimate of drug-likeness (QED) is 0.400. The molecule has 1 atom stereocenters. The highest BCUT2D eigenvalue weighted by atomic mass is 16.3. The second-order valence-corrected chi connectivity index (χ2v) is 8.61. The summed E-state index contributed by atoms with van der Waals surface area (Å²) in [5, 5.41) is 19.1. The molecule has 4 N–H and O–H groups in total. The predicted octanol–water partition coefficient (Wildman–Crippen LogP) is -0.532. The molecule has 2 amide bonds. The van der Waals surface area contributed by atoms with Crippen LogP contribution in [0.15, 0.2) is 36.7 Å². The first-order valence-corrected chi connectivity index (χ1v) is 11.3. The van der Waals surface area contributed by atoms with E-state index in [-0.39, 0.29) is 30.1 Å². The molecule has 2 aliphatic heterocycles. The molecule has 3 heterocycles. The summed E-state index contributed by atoms with van der Waals surface area (Å²) >= 11 is 0. The molecule has 0 aliphatic carbocycles. The van der Waals surface area contributed by atoms with Crippen LogP contribution in [-0.4, -0.2) is 95.2 Å². The molecule has 10 heteroatoms. The van der Waals surface area contributed by atoms with Crippen LogP contribution in [0.2, 0.25) is 0 Å². The first-order chi connectivity index (χ1) is 16.0. The predicted molar refractivity (Wildman–Crippen MR) is 124 cm³/mol. The Bertz CT molecular complexity index is 980. The van der Waals surface area contributed by atoms with Gasteiger partial charge in [-0.15, -0.1) is 0 Å². The number of anilines is 1. The zero-order chi connectivity index (χ0) is 23.2. The lowest BCUT2D eigenvalue weighted by atomic mass is 10.00. The Morgan fingerprint density at radius 1 is 1.18 bits per heavy atom. The maximum atomic E-state index is 12.5. The molecule has 1 unspecified atom stereocenters. The van der Waals surface area contributed by atoms with E-state index in [9.17, 15) is 14.7 Å². The SMILES string of the molecule is CNC(=O)CN1CC(Nc2cc(C(=O)NCC(O)CN3CCc4ccccc4C3)ncn2)C1. The van der Waals surface area contributed by atoms with E-state index in [2.05, 4.69) is 49.0 Å². The fourth-order valence-corrected chi connectivity index (χ4v) is 4.22. The topological polar surface area (TPSA) is 123 Å². The summed E-state index contributed by atoms with van der Waals surface area (Å²) in [4.78, 5) is 36.4. The van der Waals surface area contributed by atoms with Gasteiger partial charge in [-0.05, 0) is 17.5 Å². The van der Waals surface area contributed by atoms with Crippen LogP contribution < -0.4 is 16.0 Å². The Balaban J connectivity index is 1.20. The number of aliphatic hydroxyl groups is 1. The minimum Gasteiger partial charge on any atom is -0.390 e. The standard InChI is InChI=1S/C23H31N7O3/c1-24-22(32)14-30-11-18(12-30)28-21-8-20(26-15-27-21)23(33)25-9-19(31)13-29-7-6-16-4-2-3-5-17(16)10-29/h2-5,8,15,18-19,31H,6-7,9-14H2,1H3,(H,24,32)(H,25,33)(H,26,27,28). The van der Waals surface area contributed by atoms with Gasteiger partial charge in [0.15, 0.2) is 0 Å². The summed E-state index contributed by atoms with van der Waals surface area (Å²) in [5.74, 6) is 0.201. The molecule has 10 nitrogen and oxygen atoms in total. The van der Waals surface area contributed by atoms with E-state index < -0.39 is 6.10 Å². The van der Waals surface area contributed by atoms with Crippen molar-refractivity contribution in [3.05, 3.63) is 53.5 Å². The number of β-amino-alcohol motifs (C(OH)–C–C–N with tert-alkyl or cyclic N) is 1. The first kappa shape index (κ1) is 23.1. The Hall–Kier alpha value is -3.08. The zero-order valence-electron chi connectivity index (χ0n) is 18.8. The van der Waals surface area contributed by atoms with Crippen LogP contribution in [0.5, 0.6) is 0 Å². The van der Waals surface area contributed by atoms with Gasteiger partial charge in [0.25, 0.3) is 5.91 Å². The maximum Gasteiger partial charge on any atom is 0.270 e. The highest BCUT2D eigenvalue weighted by Crippen LogP contribution is 2.18. The number of hydrogen-bond acceptors (Lipinski definition) is 8. The summed E-state index contributed by atoms with van der Waals surface area (Å²) in [7, 11) is 1.62. The monoisotopic (exact) mass is 453 g/mol. The lowest BCUT2D eigenvalue weighted by Gasteiger charge is -2.39. The number of nitrogens with one attached hydrogen (secondary N) is 3. The van der Waals surface area contributed by atoms with Crippen molar-refractivity contribution >= 4 is 17.6 Å². The molecule has 1 aromatic heterocycles. The number of fused-ring (bicyclic) bond motifs is 1. The van der Waals surface area contributed by atoms with E-state index in [1.807, 2.05) is 11.0 Å². The van der Waals surface area contributed by atoms with Crippen LogP contribution in [0.3, 0.4) is 0 Å². The van der Waals surface area contributed by atoms with Crippen molar-refractivity contribution in [1.82, 2.24) is 30.4 Å². The number of hydrogen-bond donors (Lipinski definition) is 4. The fourth-order valence-electron chi connectivity index (χ4n) is 4.22. The smallest absolute Gasteiger partial charge is 0.270 e. The minimum atomic E-state index is -0.667. The van der Waals surface area contributed by atoms with Gasteiger partial charge in [0, 0.05) is 52.4 Å². The summed E-state index contributed by atoms with van der Waals surface area (Å²) in [6.45, 7) is 4.19. The van der Waals surface area contributed by atoms with E-state index in [1.165, 1.54) is 17.5 Å². The number of carbonyl (C=O) groups is 2. The van der Waals surface area contributed by atoms with Gasteiger partial charge in [0.05, 0.1) is 18.7 Å². The number of carbonyl (C=O) groups excluding carboxylic acids is 2. The van der Waals surface area contributed by atoms with Gasteiger partial charge in [0.1, 0.15) is 17.8 Å². The Kier molecular flexibility index (Phi) is 7.48. The lowest BCUT2D eigenvalue weighted by molar-refractivity contribution is -0.122. The summed E-state index contributed by atoms with van der Waals surface area (Å²) in [5.41, 5.74) is 2.91. The number of amides is 2. The highest BCUT2D eigenvalue weighted by molar-refractivity contribution is 5.92. The van der Waals surface area contributed by atoms with E-state index in [0.717, 1.165) is 32.6 Å². The van der Waals surface area contributed by atoms with Gasteiger partial charge in [-0.1, -0.05) is 24.3 Å². The van der Waals surface area contributed by atoms with Gasteiger partial charge < -0.3 is 21.1 Å². The lowest BCUT2D eigenvalue weighted by Crippen LogP contribution is -2.57. The van der Waals surface area contributed by atoms with Crippen molar-refractivity contribution in [3.63, 3.8) is 0 Å². The van der Waals surface area contributed by atoms with Gasteiger partial charge in [-0.2, -0.15) is 0 Å². The van der Waals surface area contributed by atoms with Gasteiger partial charge >= 0.3 is 0 Å². The second-order valence-electron chi connectivity index (χ2n) is 8.61. The first-order valence-electron chi connectivity index (χ1n) is 11.3. The molecule has 2 aliphatic rings. The van der Waals surface area contributed by atoms with Crippen LogP contribution in [-0.2, 0) is 17.8 Å². The molecular weight excluding hydrogens is 422 g/mol. The van der Waals surface area contributed by atoms with Crippen molar-refractivity contribution < 1.29 is 14.7 Å². The number of rotatable bonds is 9. The minimum absolute atomic E-state index is 0.0123. The summed E-state index contributed by atoms with van der Waals surface area (Å²) in [6, 6.07) is 10.1. The Morgan fingerprint density at radius 2 is 1.97 bits per heavy atom. The fraction of sp³-hybridized carbons (Fsp3) is 0.478. The molecule has 2 aromatic rings. The van der Waals surface area contributed by atoms with E-state index in [0.29, 0.717) is 18.9 Å². The normalized spacial score (nSPS) is 17.5. The molecule has 1 fully saturated rings. The average Bonchev–Trinajstić information content (AvgIpc) is 2.81. The Labute approximate surface area is 193 Å². The third kappa shape index (κ3) is 6.25. The molecule has 0 radical (unpaired) electrons. The molecule has 0 bridgehead atoms. The molecule has 0 spiro atoms. The number of likely N-dealkylation sites (tertiary alicyclic amines) is 1. The van der Waals surface area contributed by atoms with E-state index in [4.69, 9.17) is 0 Å². The van der Waals surface area contributed by atoms with Crippen LogP contribution in [0.4, 0.5) is 5.82 Å². The summed E-state index contributed by atoms with van der Waals surface area (Å²) < 4.78 is 0. The molecule has 1 aromatic carbocycles. The van der Waals surface area contributed by atoms with Gasteiger partial charge in [-0.3, -0.25) is 19.4 Å². The van der Waals surface area contributed by atoms with Gasteiger partial charge in [-0.25, -0.2) is 9.97 Å². The second kappa shape index (κ2) is 10.7. The maximum absolute atomic E-state index is 12.5. The molecular formula is C23H31N7O3. The van der Waals surface area contributed by atoms with Crippen molar-refractivity contribution in [1.29, 1.82) is 0 Å². The molecule has 33 heavy (non-hydrogen) atoms. The number of nitrogens with zero attached hydrogens (tertiary/aromatic N) is 4. The van der Waals surface area contributed by atoms with Crippen LogP contribution in [0.1, 0.15) is 21.6 Å². The molecule has 4 rings (SSSR count). The summed E-state index contributed by atoms with van der Waals surface area (Å²) in [6.07, 6.45) is 1.65. The van der Waals surface area contributed by atoms with E-state index in [1.54, 1.807) is 13.1 Å². The highest BCUT2D eigenvalue weighted by Gasteiger charge is 2.28. The molecule has 1 saturated heterocycles. The van der Waals surface area contributed by atoms with E-state index >= 15 is 0 Å². The van der Waals surface area contributed by atoms with Crippen molar-refractivity contribution in [2.75, 3.05) is 51.6 Å². The average molecular weight is 454 g/mol. The number of benzene rings is 1. The van der Waals surface area contributed by atoms with Crippen molar-refractivity contribution in [3.8, 4) is 0 Å². The number of aromatic nitrogens is 2. The zero-order valence-corrected chi connectivity index (χ0v) is 18.8. The third-order valence-electron chi connectivity index (χ3n) is 6.03.